The summed E-state index contributed by atoms with van der Waals surface area (Å²) in [6.45, 7) is 2.53. The van der Waals surface area contributed by atoms with Crippen LogP contribution in [-0.4, -0.2) is 77.3 Å². The SMILES string of the molecule is CCNc1ncnc2c1ncn2[C@@H]1O[C@H](/C=C/CNC(=O)c2cc(-c3ccc(F)cc3)cc(O)c2O)[C@@H](O)[C@H]1O. The fourth-order valence-corrected chi connectivity index (χ4v) is 4.46. The second-order valence-corrected chi connectivity index (χ2v) is 9.09. The highest BCUT2D eigenvalue weighted by Crippen LogP contribution is 2.35. The van der Waals surface area contributed by atoms with Gasteiger partial charge in [0.2, 0.25) is 0 Å². The Labute approximate surface area is 227 Å². The van der Waals surface area contributed by atoms with Gasteiger partial charge in [-0.15, -0.1) is 0 Å². The first-order valence-corrected chi connectivity index (χ1v) is 12.5. The normalized spacial score (nSPS) is 20.8. The number of carbonyl (C=O) groups excluding carboxylic acids is 1. The zero-order valence-electron chi connectivity index (χ0n) is 21.3. The van der Waals surface area contributed by atoms with Gasteiger partial charge in [0.05, 0.1) is 11.9 Å². The zero-order chi connectivity index (χ0) is 28.4. The molecule has 4 aromatic rings. The lowest BCUT2D eigenvalue weighted by Crippen LogP contribution is -2.31. The van der Waals surface area contributed by atoms with Crippen molar-refractivity contribution in [3.63, 3.8) is 0 Å². The van der Waals surface area contributed by atoms with Gasteiger partial charge in [-0.25, -0.2) is 19.3 Å². The van der Waals surface area contributed by atoms with E-state index in [1.807, 2.05) is 6.92 Å². The molecule has 40 heavy (non-hydrogen) atoms. The summed E-state index contributed by atoms with van der Waals surface area (Å²) in [5, 5.41) is 47.3. The number of aliphatic hydroxyl groups is 2. The number of hydrogen-bond donors (Lipinski definition) is 6. The van der Waals surface area contributed by atoms with E-state index in [0.717, 1.165) is 0 Å². The van der Waals surface area contributed by atoms with Crippen LogP contribution in [0.1, 0.15) is 23.5 Å². The number of nitrogens with one attached hydrogen (secondary N) is 2. The Morgan fingerprint density at radius 1 is 1.10 bits per heavy atom. The number of aromatic hydroxyl groups is 2. The Bertz CT molecular complexity index is 1560. The number of imidazole rings is 1. The van der Waals surface area contributed by atoms with Crippen molar-refractivity contribution in [2.45, 2.75) is 31.5 Å². The van der Waals surface area contributed by atoms with E-state index in [0.29, 0.717) is 34.7 Å². The smallest absolute Gasteiger partial charge is 0.255 e. The molecule has 0 radical (unpaired) electrons. The number of anilines is 1. The average Bonchev–Trinajstić information content (AvgIpc) is 3.50. The molecule has 0 bridgehead atoms. The highest BCUT2D eigenvalue weighted by molar-refractivity contribution is 5.99. The number of amides is 1. The van der Waals surface area contributed by atoms with Gasteiger partial charge in [-0.1, -0.05) is 24.3 Å². The summed E-state index contributed by atoms with van der Waals surface area (Å²) < 4.78 is 20.7. The van der Waals surface area contributed by atoms with E-state index < -0.39 is 47.8 Å². The number of benzene rings is 2. The second kappa shape index (κ2) is 11.3. The maximum absolute atomic E-state index is 13.3. The predicted molar refractivity (Wildman–Crippen MR) is 142 cm³/mol. The Morgan fingerprint density at radius 2 is 1.88 bits per heavy atom. The molecule has 1 fully saturated rings. The maximum Gasteiger partial charge on any atom is 0.255 e. The van der Waals surface area contributed by atoms with E-state index in [1.165, 1.54) is 65.8 Å². The minimum Gasteiger partial charge on any atom is -0.504 e. The van der Waals surface area contributed by atoms with E-state index in [-0.39, 0.29) is 12.1 Å². The van der Waals surface area contributed by atoms with Crippen molar-refractivity contribution in [1.29, 1.82) is 0 Å². The Morgan fingerprint density at radius 3 is 2.62 bits per heavy atom. The first kappa shape index (κ1) is 27.0. The van der Waals surface area contributed by atoms with Crippen LogP contribution in [0.4, 0.5) is 10.2 Å². The summed E-state index contributed by atoms with van der Waals surface area (Å²) in [7, 11) is 0. The molecule has 13 heteroatoms. The van der Waals surface area contributed by atoms with Gasteiger partial charge in [0, 0.05) is 13.1 Å². The van der Waals surface area contributed by atoms with Crippen LogP contribution < -0.4 is 10.6 Å². The number of aliphatic hydroxyl groups excluding tert-OH is 2. The van der Waals surface area contributed by atoms with Crippen molar-refractivity contribution in [3.8, 4) is 22.6 Å². The second-order valence-electron chi connectivity index (χ2n) is 9.09. The molecule has 2 aromatic heterocycles. The van der Waals surface area contributed by atoms with Crippen LogP contribution in [0, 0.1) is 5.82 Å². The lowest BCUT2D eigenvalue weighted by Gasteiger charge is -2.16. The van der Waals surface area contributed by atoms with Gasteiger partial charge in [-0.2, -0.15) is 0 Å². The van der Waals surface area contributed by atoms with Crippen LogP contribution in [0.15, 0.2) is 61.2 Å². The molecule has 0 spiro atoms. The van der Waals surface area contributed by atoms with Crippen molar-refractivity contribution < 1.29 is 34.3 Å². The van der Waals surface area contributed by atoms with Crippen LogP contribution in [0.5, 0.6) is 11.5 Å². The first-order valence-electron chi connectivity index (χ1n) is 12.5. The van der Waals surface area contributed by atoms with Crippen LogP contribution in [0.25, 0.3) is 22.3 Å². The summed E-state index contributed by atoms with van der Waals surface area (Å²) in [5.74, 6) is -1.67. The van der Waals surface area contributed by atoms with E-state index in [2.05, 4.69) is 25.6 Å². The standard InChI is InChI=1S/C27H27FN6O6/c1-2-29-24-20-25(32-12-31-24)34(13-33-20)27-23(38)22(37)19(40-27)4-3-9-30-26(39)17-10-15(11-18(35)21(17)36)14-5-7-16(28)8-6-14/h3-8,10-13,19,22-23,27,35-38H,2,9H2,1H3,(H,30,39)(H,29,31,32)/b4-3+/t19-,22-,23-,27-/m1/s1. The van der Waals surface area contributed by atoms with Crippen molar-refractivity contribution in [2.24, 2.45) is 0 Å². The number of phenolic OH excluding ortho intramolecular Hbond substituents is 2. The number of nitrogens with zero attached hydrogens (tertiary/aromatic N) is 4. The molecular formula is C27H27FN6O6. The third-order valence-corrected chi connectivity index (χ3v) is 6.47. The van der Waals surface area contributed by atoms with E-state index >= 15 is 0 Å². The molecule has 0 saturated carbocycles. The van der Waals surface area contributed by atoms with Gasteiger partial charge in [0.15, 0.2) is 34.7 Å². The molecule has 0 aliphatic carbocycles. The minimum atomic E-state index is -1.28. The van der Waals surface area contributed by atoms with Crippen molar-refractivity contribution in [2.75, 3.05) is 18.4 Å². The highest BCUT2D eigenvalue weighted by atomic mass is 19.1. The fraction of sp³-hybridized carbons (Fsp3) is 0.259. The Balaban J connectivity index is 1.25. The van der Waals surface area contributed by atoms with Gasteiger partial charge < -0.3 is 35.8 Å². The molecule has 3 heterocycles. The van der Waals surface area contributed by atoms with Crippen LogP contribution in [-0.2, 0) is 4.74 Å². The van der Waals surface area contributed by atoms with Crippen LogP contribution >= 0.6 is 0 Å². The van der Waals surface area contributed by atoms with Crippen molar-refractivity contribution in [3.05, 3.63) is 72.6 Å². The molecular weight excluding hydrogens is 523 g/mol. The Kier molecular flexibility index (Phi) is 7.60. The topological polar surface area (TPSA) is 175 Å². The number of ether oxygens (including phenoxy) is 1. The molecule has 5 rings (SSSR count). The summed E-state index contributed by atoms with van der Waals surface area (Å²) in [6.07, 6.45) is 1.42. The third-order valence-electron chi connectivity index (χ3n) is 6.47. The minimum absolute atomic E-state index is 0.0135. The van der Waals surface area contributed by atoms with E-state index in [1.54, 1.807) is 0 Å². The molecule has 1 saturated heterocycles. The summed E-state index contributed by atoms with van der Waals surface area (Å²) >= 11 is 0. The van der Waals surface area contributed by atoms with Crippen molar-refractivity contribution >= 4 is 22.9 Å². The largest absolute Gasteiger partial charge is 0.504 e. The first-order chi connectivity index (χ1) is 19.3. The number of hydrogen-bond acceptors (Lipinski definition) is 10. The predicted octanol–water partition coefficient (Wildman–Crippen LogP) is 2.08. The summed E-state index contributed by atoms with van der Waals surface area (Å²) in [6, 6.07) is 8.12. The number of fused-ring (bicyclic) bond motifs is 1. The molecule has 2 aromatic carbocycles. The van der Waals surface area contributed by atoms with Crippen LogP contribution in [0.3, 0.4) is 0 Å². The highest BCUT2D eigenvalue weighted by Gasteiger charge is 2.43. The maximum atomic E-state index is 13.3. The lowest BCUT2D eigenvalue weighted by molar-refractivity contribution is -0.0245. The van der Waals surface area contributed by atoms with Crippen LogP contribution in [0.2, 0.25) is 0 Å². The number of halogens is 1. The monoisotopic (exact) mass is 550 g/mol. The third kappa shape index (κ3) is 5.17. The quantitative estimate of drug-likeness (QED) is 0.141. The summed E-state index contributed by atoms with van der Waals surface area (Å²) in [4.78, 5) is 25.5. The van der Waals surface area contributed by atoms with Gasteiger partial charge in [0.25, 0.3) is 5.91 Å². The molecule has 1 aliphatic rings. The molecule has 0 unspecified atom stereocenters. The van der Waals surface area contributed by atoms with Gasteiger partial charge >= 0.3 is 0 Å². The average molecular weight is 551 g/mol. The molecule has 1 amide bonds. The fourth-order valence-electron chi connectivity index (χ4n) is 4.46. The number of phenols is 2. The Hall–Kier alpha value is -4.59. The number of carbonyl (C=O) groups is 1. The molecule has 4 atom stereocenters. The molecule has 208 valence electrons. The summed E-state index contributed by atoms with van der Waals surface area (Å²) in [5.41, 5.74) is 1.69. The lowest BCUT2D eigenvalue weighted by atomic mass is 10.0. The van der Waals surface area contributed by atoms with Gasteiger partial charge in [-0.05, 0) is 42.3 Å². The van der Waals surface area contributed by atoms with E-state index in [9.17, 15) is 29.6 Å². The van der Waals surface area contributed by atoms with Gasteiger partial charge in [-0.3, -0.25) is 9.36 Å². The van der Waals surface area contributed by atoms with E-state index in [4.69, 9.17) is 4.74 Å². The number of rotatable bonds is 8. The molecule has 1 aliphatic heterocycles. The number of aromatic nitrogens is 4. The molecule has 12 nitrogen and oxygen atoms in total. The van der Waals surface area contributed by atoms with Gasteiger partial charge in [0.1, 0.15) is 30.5 Å². The van der Waals surface area contributed by atoms with Crippen molar-refractivity contribution in [1.82, 2.24) is 24.8 Å². The molecule has 6 N–H and O–H groups in total. The zero-order valence-corrected chi connectivity index (χ0v) is 21.3.